The van der Waals surface area contributed by atoms with Crippen LogP contribution in [0, 0.1) is 0 Å². The molecule has 0 spiro atoms. The number of hydrogen-bond donors (Lipinski definition) is 2. The number of hydrogen-bond acceptors (Lipinski definition) is 2. The lowest BCUT2D eigenvalue weighted by Gasteiger charge is -2.15. The predicted molar refractivity (Wildman–Crippen MR) is 68.6 cm³/mol. The van der Waals surface area contributed by atoms with E-state index in [9.17, 15) is 9.90 Å². The highest BCUT2D eigenvalue weighted by atomic mass is 16.3. The normalized spacial score (nSPS) is 11.7. The third-order valence-corrected chi connectivity index (χ3v) is 2.31. The first kappa shape index (κ1) is 13.5. The maximum atomic E-state index is 11.5. The van der Waals surface area contributed by atoms with Crippen molar-refractivity contribution in [2.24, 2.45) is 0 Å². The molecule has 92 valence electrons. The summed E-state index contributed by atoms with van der Waals surface area (Å²) in [7, 11) is 0. The van der Waals surface area contributed by atoms with Gasteiger partial charge < -0.3 is 10.4 Å². The summed E-state index contributed by atoms with van der Waals surface area (Å²) in [5, 5.41) is 12.0. The topological polar surface area (TPSA) is 49.3 Å². The Morgan fingerprint density at radius 3 is 2.53 bits per heavy atom. The van der Waals surface area contributed by atoms with E-state index in [1.54, 1.807) is 0 Å². The zero-order valence-corrected chi connectivity index (χ0v) is 10.3. The van der Waals surface area contributed by atoms with Crippen molar-refractivity contribution in [1.82, 2.24) is 5.32 Å². The highest BCUT2D eigenvalue weighted by Gasteiger charge is 2.10. The minimum absolute atomic E-state index is 0.0583. The Hall–Kier alpha value is -1.61. The molecule has 1 rings (SSSR count). The highest BCUT2D eigenvalue weighted by molar-refractivity contribution is 5.88. The first-order chi connectivity index (χ1) is 8.11. The fraction of sp³-hybridized carbons (Fsp3) is 0.357. The van der Waals surface area contributed by atoms with Crippen LogP contribution in [0.3, 0.4) is 0 Å². The van der Waals surface area contributed by atoms with Crippen molar-refractivity contribution in [3.63, 3.8) is 0 Å². The summed E-state index contributed by atoms with van der Waals surface area (Å²) in [6, 6.07) is 9.56. The molecule has 0 fully saturated rings. The van der Waals surface area contributed by atoms with Crippen LogP contribution in [0.5, 0.6) is 0 Å². The molecule has 17 heavy (non-hydrogen) atoms. The second-order valence-corrected chi connectivity index (χ2v) is 4.30. The molecule has 2 N–H and O–H groups in total. The molecule has 0 aliphatic carbocycles. The molecule has 3 nitrogen and oxygen atoms in total. The third kappa shape index (κ3) is 5.31. The number of nitrogens with one attached hydrogen (secondary N) is 1. The van der Waals surface area contributed by atoms with Crippen LogP contribution in [-0.4, -0.2) is 23.7 Å². The van der Waals surface area contributed by atoms with Crippen LogP contribution in [0.1, 0.15) is 19.4 Å². The molecular weight excluding hydrogens is 214 g/mol. The molecule has 0 aliphatic rings. The van der Waals surface area contributed by atoms with Crippen molar-refractivity contribution in [1.29, 1.82) is 0 Å². The van der Waals surface area contributed by atoms with E-state index < -0.39 is 0 Å². The number of allylic oxidation sites excluding steroid dienone is 1. The van der Waals surface area contributed by atoms with Crippen LogP contribution in [-0.2, 0) is 11.2 Å². The fourth-order valence-corrected chi connectivity index (χ4v) is 1.56. The summed E-state index contributed by atoms with van der Waals surface area (Å²) in [5.41, 5.74) is 2.04. The van der Waals surface area contributed by atoms with Crippen molar-refractivity contribution >= 4 is 5.91 Å². The number of amides is 1. The van der Waals surface area contributed by atoms with Crippen LogP contribution in [0.15, 0.2) is 42.0 Å². The zero-order chi connectivity index (χ0) is 12.7. The lowest BCUT2D eigenvalue weighted by atomic mass is 10.1. The van der Waals surface area contributed by atoms with Crippen LogP contribution in [0.25, 0.3) is 0 Å². The van der Waals surface area contributed by atoms with Crippen LogP contribution >= 0.6 is 0 Å². The van der Waals surface area contributed by atoms with Gasteiger partial charge in [-0.05, 0) is 25.8 Å². The average Bonchev–Trinajstić information content (AvgIpc) is 2.28. The van der Waals surface area contributed by atoms with E-state index in [0.717, 1.165) is 11.1 Å². The van der Waals surface area contributed by atoms with Gasteiger partial charge in [0, 0.05) is 6.08 Å². The number of aliphatic hydroxyl groups excluding tert-OH is 1. The lowest BCUT2D eigenvalue weighted by Crippen LogP contribution is -2.38. The van der Waals surface area contributed by atoms with Crippen molar-refractivity contribution in [3.8, 4) is 0 Å². The maximum absolute atomic E-state index is 11.5. The van der Waals surface area contributed by atoms with Gasteiger partial charge in [-0.3, -0.25) is 4.79 Å². The summed E-state index contributed by atoms with van der Waals surface area (Å²) < 4.78 is 0. The number of carbonyl (C=O) groups excluding carboxylic acids is 1. The molecule has 1 atom stereocenters. The Morgan fingerprint density at radius 2 is 2.00 bits per heavy atom. The number of aliphatic hydroxyl groups is 1. The molecule has 0 saturated heterocycles. The molecule has 1 aromatic carbocycles. The van der Waals surface area contributed by atoms with Gasteiger partial charge in [-0.2, -0.15) is 0 Å². The predicted octanol–water partition coefficient (Wildman–Crippen LogP) is 1.67. The molecule has 1 amide bonds. The first-order valence-corrected chi connectivity index (χ1v) is 5.72. The summed E-state index contributed by atoms with van der Waals surface area (Å²) in [6.45, 7) is 3.67. The Bertz CT molecular complexity index is 380. The van der Waals surface area contributed by atoms with Gasteiger partial charge >= 0.3 is 0 Å². The molecule has 3 heteroatoms. The number of rotatable bonds is 5. The number of carbonyl (C=O) groups is 1. The molecule has 0 heterocycles. The largest absolute Gasteiger partial charge is 0.394 e. The SMILES string of the molecule is CC(C)=CC(=O)N[C@H](CO)Cc1ccccc1. The Morgan fingerprint density at radius 1 is 1.35 bits per heavy atom. The Kier molecular flexibility index (Phi) is 5.43. The summed E-state index contributed by atoms with van der Waals surface area (Å²) in [4.78, 5) is 11.5. The smallest absolute Gasteiger partial charge is 0.244 e. The highest BCUT2D eigenvalue weighted by Crippen LogP contribution is 2.03. The zero-order valence-electron chi connectivity index (χ0n) is 10.3. The summed E-state index contributed by atoms with van der Waals surface area (Å²) in [6.07, 6.45) is 2.17. The molecule has 0 saturated carbocycles. The van der Waals surface area contributed by atoms with Gasteiger partial charge in [0.05, 0.1) is 12.6 Å². The molecular formula is C14H19NO2. The van der Waals surface area contributed by atoms with Gasteiger partial charge in [-0.15, -0.1) is 0 Å². The summed E-state index contributed by atoms with van der Waals surface area (Å²) >= 11 is 0. The van der Waals surface area contributed by atoms with Crippen LogP contribution < -0.4 is 5.32 Å². The van der Waals surface area contributed by atoms with Crippen LogP contribution in [0.2, 0.25) is 0 Å². The van der Waals surface area contributed by atoms with Gasteiger partial charge in [0.25, 0.3) is 0 Å². The second-order valence-electron chi connectivity index (χ2n) is 4.30. The van der Waals surface area contributed by atoms with E-state index in [2.05, 4.69) is 5.32 Å². The molecule has 1 aromatic rings. The quantitative estimate of drug-likeness (QED) is 0.760. The maximum Gasteiger partial charge on any atom is 0.244 e. The molecule has 0 unspecified atom stereocenters. The minimum atomic E-state index is -0.236. The molecule has 0 radical (unpaired) electrons. The monoisotopic (exact) mass is 233 g/mol. The van der Waals surface area contributed by atoms with Crippen molar-refractivity contribution < 1.29 is 9.90 Å². The summed E-state index contributed by atoms with van der Waals surface area (Å²) in [5.74, 6) is -0.153. The van der Waals surface area contributed by atoms with Gasteiger partial charge in [0.1, 0.15) is 0 Å². The fourth-order valence-electron chi connectivity index (χ4n) is 1.56. The van der Waals surface area contributed by atoms with Crippen molar-refractivity contribution in [3.05, 3.63) is 47.5 Å². The first-order valence-electron chi connectivity index (χ1n) is 5.72. The van der Waals surface area contributed by atoms with Crippen molar-refractivity contribution in [2.45, 2.75) is 26.3 Å². The van der Waals surface area contributed by atoms with E-state index in [-0.39, 0.29) is 18.6 Å². The standard InChI is InChI=1S/C14H19NO2/c1-11(2)8-14(17)15-13(10-16)9-12-6-4-3-5-7-12/h3-8,13,16H,9-10H2,1-2H3,(H,15,17)/t13-/m0/s1. The Balaban J connectivity index is 2.55. The third-order valence-electron chi connectivity index (χ3n) is 2.31. The molecule has 0 aromatic heterocycles. The van der Waals surface area contributed by atoms with Gasteiger partial charge in [-0.1, -0.05) is 35.9 Å². The lowest BCUT2D eigenvalue weighted by molar-refractivity contribution is -0.117. The van der Waals surface area contributed by atoms with E-state index in [4.69, 9.17) is 0 Å². The number of benzene rings is 1. The second kappa shape index (κ2) is 6.86. The van der Waals surface area contributed by atoms with E-state index in [0.29, 0.717) is 6.42 Å². The van der Waals surface area contributed by atoms with E-state index >= 15 is 0 Å². The van der Waals surface area contributed by atoms with Gasteiger partial charge in [0.15, 0.2) is 0 Å². The van der Waals surface area contributed by atoms with E-state index in [1.807, 2.05) is 44.2 Å². The van der Waals surface area contributed by atoms with Crippen molar-refractivity contribution in [2.75, 3.05) is 6.61 Å². The van der Waals surface area contributed by atoms with Gasteiger partial charge in [0.2, 0.25) is 5.91 Å². The Labute approximate surface area is 102 Å². The van der Waals surface area contributed by atoms with Gasteiger partial charge in [-0.25, -0.2) is 0 Å². The van der Waals surface area contributed by atoms with E-state index in [1.165, 1.54) is 6.08 Å². The average molecular weight is 233 g/mol. The van der Waals surface area contributed by atoms with Crippen LogP contribution in [0.4, 0.5) is 0 Å². The minimum Gasteiger partial charge on any atom is -0.394 e. The molecule has 0 bridgehead atoms. The molecule has 0 aliphatic heterocycles.